The normalized spacial score (nSPS) is 10.5. The lowest BCUT2D eigenvalue weighted by atomic mass is 10.1. The van der Waals surface area contributed by atoms with Crippen LogP contribution in [-0.2, 0) is 13.1 Å². The molecule has 0 aromatic heterocycles. The van der Waals surface area contributed by atoms with Gasteiger partial charge in [0.25, 0.3) is 0 Å². The molecule has 0 aliphatic carbocycles. The second-order valence-corrected chi connectivity index (χ2v) is 17.4. The van der Waals surface area contributed by atoms with E-state index in [-0.39, 0.29) is 0 Å². The molecule has 0 aliphatic rings. The van der Waals surface area contributed by atoms with Crippen LogP contribution in [0.2, 0.25) is 0 Å². The summed E-state index contributed by atoms with van der Waals surface area (Å²) in [5, 5.41) is 7.65. The fraction of sp³-hybridized carbons (Fsp3) is 0.0909. The van der Waals surface area contributed by atoms with Crippen molar-refractivity contribution in [3.8, 4) is 0 Å². The molecule has 0 fully saturated rings. The minimum Gasteiger partial charge on any atom is -0.345 e. The maximum absolute atomic E-state index is 2.32. The van der Waals surface area contributed by atoms with Gasteiger partial charge in [0.2, 0.25) is 0 Å². The molecule has 0 heterocycles. The Balaban J connectivity index is 0.000000127. The predicted molar refractivity (Wildman–Crippen MR) is 303 cm³/mol. The van der Waals surface area contributed by atoms with Gasteiger partial charge in [-0.05, 0) is 123 Å². The van der Waals surface area contributed by atoms with Crippen molar-refractivity contribution in [3.63, 3.8) is 0 Å². The summed E-state index contributed by atoms with van der Waals surface area (Å²) in [4.78, 5) is 8.93. The van der Waals surface area contributed by atoms with Gasteiger partial charge in [-0.2, -0.15) is 0 Å². The van der Waals surface area contributed by atoms with Crippen molar-refractivity contribution in [1.82, 2.24) is 4.90 Å². The molecular formula is C66H62N4. The van der Waals surface area contributed by atoms with Crippen LogP contribution < -0.4 is 14.7 Å². The molecule has 0 aliphatic heterocycles. The molecule has 0 spiro atoms. The smallest absolute Gasteiger partial charge is 0.0414 e. The van der Waals surface area contributed by atoms with Crippen molar-refractivity contribution in [2.75, 3.05) is 42.9 Å². The Bertz CT molecular complexity index is 3110. The number of hydrogen-bond acceptors (Lipinski definition) is 4. The molecule has 0 bridgehead atoms. The Morgan fingerprint density at radius 1 is 0.214 bits per heavy atom. The van der Waals surface area contributed by atoms with Crippen LogP contribution in [0, 0.1) is 0 Å². The summed E-state index contributed by atoms with van der Waals surface area (Å²) in [6.45, 7) is 1.99. The van der Waals surface area contributed by atoms with Crippen molar-refractivity contribution < 1.29 is 0 Å². The Labute approximate surface area is 415 Å². The van der Waals surface area contributed by atoms with Crippen molar-refractivity contribution in [1.29, 1.82) is 0 Å². The number of anilines is 6. The van der Waals surface area contributed by atoms with Gasteiger partial charge in [0, 0.05) is 68.4 Å². The van der Waals surface area contributed by atoms with E-state index in [1.807, 2.05) is 18.2 Å². The number of para-hydroxylation sites is 3. The molecule has 11 rings (SSSR count). The first-order valence-electron chi connectivity index (χ1n) is 24.0. The van der Waals surface area contributed by atoms with E-state index in [0.717, 1.165) is 13.1 Å². The monoisotopic (exact) mass is 910 g/mol. The lowest BCUT2D eigenvalue weighted by Gasteiger charge is -2.20. The van der Waals surface area contributed by atoms with Gasteiger partial charge in [-0.25, -0.2) is 0 Å². The molecule has 0 amide bonds. The molecule has 0 saturated carbocycles. The average Bonchev–Trinajstić information content (AvgIpc) is 3.43. The minimum atomic E-state index is 0.996. The van der Waals surface area contributed by atoms with Gasteiger partial charge in [0.1, 0.15) is 0 Å². The van der Waals surface area contributed by atoms with Crippen molar-refractivity contribution in [2.45, 2.75) is 13.1 Å². The summed E-state index contributed by atoms with van der Waals surface area (Å²) in [6, 6.07) is 97.4. The third-order valence-corrected chi connectivity index (χ3v) is 12.4. The molecule has 0 atom stereocenters. The van der Waals surface area contributed by atoms with Gasteiger partial charge in [0.05, 0.1) is 0 Å². The van der Waals surface area contributed by atoms with Crippen LogP contribution in [0.5, 0.6) is 0 Å². The molecule has 346 valence electrons. The molecule has 4 nitrogen and oxygen atoms in total. The number of rotatable bonds is 10. The molecular weight excluding hydrogens is 849 g/mol. The summed E-state index contributed by atoms with van der Waals surface area (Å²) >= 11 is 0. The Hall–Kier alpha value is -8.44. The first-order valence-corrected chi connectivity index (χ1v) is 24.0. The van der Waals surface area contributed by atoms with Crippen LogP contribution in [0.4, 0.5) is 34.1 Å². The number of nitrogens with zero attached hydrogens (tertiary/aromatic N) is 4. The number of benzene rings is 11. The predicted octanol–water partition coefficient (Wildman–Crippen LogP) is 17.1. The molecule has 0 N–H and O–H groups in total. The molecule has 70 heavy (non-hydrogen) atoms. The maximum atomic E-state index is 2.32. The highest BCUT2D eigenvalue weighted by Gasteiger charge is 2.07. The molecule has 4 heteroatoms. The first kappa shape index (κ1) is 48.0. The summed E-state index contributed by atoms with van der Waals surface area (Å²) in [7, 11) is 8.44. The summed E-state index contributed by atoms with van der Waals surface area (Å²) in [5.41, 5.74) is 9.95. The van der Waals surface area contributed by atoms with Gasteiger partial charge in [-0.3, -0.25) is 4.90 Å². The fourth-order valence-corrected chi connectivity index (χ4v) is 8.40. The van der Waals surface area contributed by atoms with Gasteiger partial charge >= 0.3 is 0 Å². The Morgan fingerprint density at radius 2 is 0.443 bits per heavy atom. The standard InChI is InChI=1S/C21H17N.C17H15N.C15H17N.C13H13N/c1-22(20-12-10-16-6-2-4-8-18(16)14-20)21-13-11-17-7-3-5-9-19(17)15-21;1-18(16-9-3-2-4-10-16)17-12-11-14-7-5-6-8-15(14)13-17;1-16(12-14-8-4-2-5-9-14)13-15-10-6-3-7-11-15;1-14(12-8-4-2-5-9-12)13-10-6-3-7-11-13/h2-15H,1H3;2-13H,1H3;2-11H,12-13H2,1H3;2-11H,1H3. The molecule has 0 unspecified atom stereocenters. The largest absolute Gasteiger partial charge is 0.345 e. The number of hydrogen-bond donors (Lipinski definition) is 0. The van der Waals surface area contributed by atoms with E-state index < -0.39 is 0 Å². The lowest BCUT2D eigenvalue weighted by molar-refractivity contribution is 0.319. The second kappa shape index (κ2) is 24.5. The fourth-order valence-electron chi connectivity index (χ4n) is 8.40. The van der Waals surface area contributed by atoms with E-state index in [4.69, 9.17) is 0 Å². The zero-order chi connectivity index (χ0) is 48.3. The summed E-state index contributed by atoms with van der Waals surface area (Å²) in [6.07, 6.45) is 0. The van der Waals surface area contributed by atoms with Crippen molar-refractivity contribution >= 4 is 66.4 Å². The highest BCUT2D eigenvalue weighted by Crippen LogP contribution is 2.30. The third-order valence-electron chi connectivity index (χ3n) is 12.4. The average molecular weight is 911 g/mol. The lowest BCUT2D eigenvalue weighted by Crippen LogP contribution is -2.16. The molecule has 11 aromatic rings. The topological polar surface area (TPSA) is 13.0 Å². The number of fused-ring (bicyclic) bond motifs is 3. The molecule has 11 aromatic carbocycles. The summed E-state index contributed by atoms with van der Waals surface area (Å²) in [5.74, 6) is 0. The summed E-state index contributed by atoms with van der Waals surface area (Å²) < 4.78 is 0. The van der Waals surface area contributed by atoms with Crippen LogP contribution in [0.25, 0.3) is 32.3 Å². The Morgan fingerprint density at radius 3 is 0.743 bits per heavy atom. The second-order valence-electron chi connectivity index (χ2n) is 17.4. The zero-order valence-electron chi connectivity index (χ0n) is 40.8. The van der Waals surface area contributed by atoms with Crippen LogP contribution >= 0.6 is 0 Å². The van der Waals surface area contributed by atoms with E-state index >= 15 is 0 Å². The van der Waals surface area contributed by atoms with Crippen molar-refractivity contribution in [2.24, 2.45) is 0 Å². The highest BCUT2D eigenvalue weighted by atomic mass is 15.1. The zero-order valence-corrected chi connectivity index (χ0v) is 40.8. The third kappa shape index (κ3) is 13.4. The van der Waals surface area contributed by atoms with E-state index in [2.05, 4.69) is 309 Å². The van der Waals surface area contributed by atoms with Gasteiger partial charge < -0.3 is 14.7 Å². The van der Waals surface area contributed by atoms with Gasteiger partial charge in [-0.15, -0.1) is 0 Å². The first-order chi connectivity index (χ1) is 34.4. The Kier molecular flexibility index (Phi) is 16.8. The SMILES string of the molecule is CN(Cc1ccccc1)Cc1ccccc1.CN(c1ccc2ccccc2c1)c1ccc2ccccc2c1.CN(c1ccccc1)c1ccc2ccccc2c1.CN(c1ccccc1)c1ccccc1. The molecule has 0 radical (unpaired) electrons. The minimum absolute atomic E-state index is 0.996. The highest BCUT2D eigenvalue weighted by molar-refractivity contribution is 5.90. The van der Waals surface area contributed by atoms with Crippen LogP contribution in [0.15, 0.2) is 279 Å². The van der Waals surface area contributed by atoms with Crippen molar-refractivity contribution in [3.05, 3.63) is 290 Å². The van der Waals surface area contributed by atoms with Crippen LogP contribution in [0.3, 0.4) is 0 Å². The maximum Gasteiger partial charge on any atom is 0.0414 e. The van der Waals surface area contributed by atoms with E-state index in [1.54, 1.807) is 0 Å². The van der Waals surface area contributed by atoms with E-state index in [1.165, 1.54) is 77.6 Å². The molecule has 0 saturated heterocycles. The van der Waals surface area contributed by atoms with Crippen LogP contribution in [0.1, 0.15) is 11.1 Å². The van der Waals surface area contributed by atoms with Crippen LogP contribution in [-0.4, -0.2) is 33.1 Å². The quantitative estimate of drug-likeness (QED) is 0.136. The van der Waals surface area contributed by atoms with Gasteiger partial charge in [-0.1, -0.05) is 206 Å². The van der Waals surface area contributed by atoms with E-state index in [0.29, 0.717) is 0 Å². The van der Waals surface area contributed by atoms with Gasteiger partial charge in [0.15, 0.2) is 0 Å². The van der Waals surface area contributed by atoms with E-state index in [9.17, 15) is 0 Å².